The van der Waals surface area contributed by atoms with E-state index in [9.17, 15) is 22.4 Å². The first kappa shape index (κ1) is 23.0. The van der Waals surface area contributed by atoms with E-state index in [4.69, 9.17) is 15.7 Å². The second-order valence-electron chi connectivity index (χ2n) is 7.65. The quantitative estimate of drug-likeness (QED) is 0.651. The van der Waals surface area contributed by atoms with Crippen molar-refractivity contribution in [2.45, 2.75) is 24.2 Å². The summed E-state index contributed by atoms with van der Waals surface area (Å²) >= 11 is 1.11. The number of amidine groups is 1. The maximum atomic E-state index is 15.0. The van der Waals surface area contributed by atoms with E-state index in [-0.39, 0.29) is 33.4 Å². The molecule has 0 unspecified atom stereocenters. The van der Waals surface area contributed by atoms with Crippen molar-refractivity contribution in [3.05, 3.63) is 59.2 Å². The smallest absolute Gasteiger partial charge is 0.379 e. The van der Waals surface area contributed by atoms with Gasteiger partial charge >= 0.3 is 6.18 Å². The number of carbonyl (C=O) groups is 1. The number of carbonyl (C=O) groups excluding carboxylic acids is 1. The number of aliphatic imine (C=N–C) groups is 1. The number of nitrogens with zero attached hydrogens (tertiary/aromatic N) is 3. The van der Waals surface area contributed by atoms with Gasteiger partial charge < -0.3 is 15.8 Å². The van der Waals surface area contributed by atoms with Gasteiger partial charge in [0.05, 0.1) is 12.2 Å². The number of nitrogens with one attached hydrogen (secondary N) is 1. The standard InChI is InChI=1S/C21H17F4N5O2S/c22-15-3-2-13(29-18(31)16-4-1-11(7-26)8-28-16)6-14(15)20-10-32-17(21(23,24)25)5-12(20)9-33-19(27)30-20/h1-4,6,8,12,17H,5,9-10H2,(H2,27,30)(H,29,31)/t12-,17+,20-/m0/s1. The number of thioether (sulfide) groups is 1. The summed E-state index contributed by atoms with van der Waals surface area (Å²) in [5.74, 6) is -1.77. The predicted molar refractivity (Wildman–Crippen MR) is 113 cm³/mol. The molecular formula is C21H17F4N5O2S. The molecular weight excluding hydrogens is 462 g/mol. The number of benzene rings is 1. The maximum absolute atomic E-state index is 15.0. The molecule has 0 spiro atoms. The van der Waals surface area contributed by atoms with Gasteiger partial charge in [0.25, 0.3) is 5.91 Å². The van der Waals surface area contributed by atoms with Crippen LogP contribution in [0.25, 0.3) is 0 Å². The zero-order valence-corrected chi connectivity index (χ0v) is 17.7. The summed E-state index contributed by atoms with van der Waals surface area (Å²) < 4.78 is 59.9. The zero-order chi connectivity index (χ0) is 23.8. The number of fused-ring (bicyclic) bond motifs is 1. The first-order valence-corrected chi connectivity index (χ1v) is 10.7. The van der Waals surface area contributed by atoms with E-state index in [0.717, 1.165) is 17.8 Å². The summed E-state index contributed by atoms with van der Waals surface area (Å²) in [6, 6.07) is 8.43. The Morgan fingerprint density at radius 3 is 2.79 bits per heavy atom. The summed E-state index contributed by atoms with van der Waals surface area (Å²) in [6.07, 6.45) is -5.67. The van der Waals surface area contributed by atoms with Gasteiger partial charge in [-0.2, -0.15) is 18.4 Å². The van der Waals surface area contributed by atoms with E-state index in [2.05, 4.69) is 15.3 Å². The van der Waals surface area contributed by atoms with E-state index < -0.39 is 48.5 Å². The molecule has 4 rings (SSSR count). The van der Waals surface area contributed by atoms with Crippen molar-refractivity contribution in [1.82, 2.24) is 4.98 Å². The Balaban J connectivity index is 1.66. The Morgan fingerprint density at radius 1 is 1.33 bits per heavy atom. The Bertz CT molecular complexity index is 1150. The number of pyridine rings is 1. The lowest BCUT2D eigenvalue weighted by Gasteiger charge is -2.46. The largest absolute Gasteiger partial charge is 0.414 e. The van der Waals surface area contributed by atoms with Crippen LogP contribution in [-0.4, -0.2) is 40.7 Å². The number of aromatic nitrogens is 1. The molecule has 7 nitrogen and oxygen atoms in total. The second kappa shape index (κ2) is 8.64. The van der Waals surface area contributed by atoms with Crippen molar-refractivity contribution >= 4 is 28.5 Å². The highest BCUT2D eigenvalue weighted by atomic mass is 32.2. The van der Waals surface area contributed by atoms with Gasteiger partial charge in [0.1, 0.15) is 23.1 Å². The fourth-order valence-electron chi connectivity index (χ4n) is 3.92. The van der Waals surface area contributed by atoms with Crippen LogP contribution in [0.4, 0.5) is 23.2 Å². The fraction of sp³-hybridized carbons (Fsp3) is 0.333. The Morgan fingerprint density at radius 2 is 2.12 bits per heavy atom. The highest BCUT2D eigenvalue weighted by molar-refractivity contribution is 8.13. The molecule has 0 radical (unpaired) electrons. The predicted octanol–water partition coefficient (Wildman–Crippen LogP) is 3.57. The van der Waals surface area contributed by atoms with Gasteiger partial charge in [0.15, 0.2) is 11.3 Å². The minimum Gasteiger partial charge on any atom is -0.379 e. The third-order valence-corrected chi connectivity index (χ3v) is 6.56. The molecule has 0 saturated carbocycles. The molecule has 1 saturated heterocycles. The van der Waals surface area contributed by atoms with Crippen LogP contribution in [0.3, 0.4) is 0 Å². The number of ether oxygens (including phenoxy) is 1. The number of alkyl halides is 3. The Labute approximate surface area is 190 Å². The summed E-state index contributed by atoms with van der Waals surface area (Å²) in [6.45, 7) is -0.505. The number of hydrogen-bond donors (Lipinski definition) is 2. The lowest BCUT2D eigenvalue weighted by atomic mass is 9.74. The molecule has 0 aliphatic carbocycles. The number of nitriles is 1. The molecule has 1 fully saturated rings. The molecule has 2 aliphatic heterocycles. The lowest BCUT2D eigenvalue weighted by molar-refractivity contribution is -0.245. The topological polar surface area (TPSA) is 113 Å². The maximum Gasteiger partial charge on any atom is 0.414 e. The third-order valence-electron chi connectivity index (χ3n) is 5.60. The highest BCUT2D eigenvalue weighted by Gasteiger charge is 2.55. The normalized spacial score (nSPS) is 24.9. The minimum absolute atomic E-state index is 0.0121. The SMILES string of the molecule is N#Cc1ccc(C(=O)Nc2ccc(F)c([C@]34CO[C@@H](C(F)(F)F)C[C@H]3CSC(N)=N4)c2)nc1. The van der Waals surface area contributed by atoms with E-state index in [1.165, 1.54) is 30.5 Å². The fourth-order valence-corrected chi connectivity index (χ4v) is 4.93. The van der Waals surface area contributed by atoms with Crippen molar-refractivity contribution in [3.63, 3.8) is 0 Å². The average Bonchev–Trinajstić information content (AvgIpc) is 2.79. The van der Waals surface area contributed by atoms with Crippen LogP contribution in [0, 0.1) is 23.1 Å². The van der Waals surface area contributed by atoms with Gasteiger partial charge in [-0.3, -0.25) is 4.79 Å². The summed E-state index contributed by atoms with van der Waals surface area (Å²) in [4.78, 5) is 20.8. The van der Waals surface area contributed by atoms with Crippen LogP contribution < -0.4 is 11.1 Å². The lowest BCUT2D eigenvalue weighted by Crippen LogP contribution is -2.53. The summed E-state index contributed by atoms with van der Waals surface area (Å²) in [5, 5.41) is 11.5. The summed E-state index contributed by atoms with van der Waals surface area (Å²) in [7, 11) is 0. The first-order valence-electron chi connectivity index (χ1n) is 9.76. The summed E-state index contributed by atoms with van der Waals surface area (Å²) in [5.41, 5.74) is 4.91. The van der Waals surface area contributed by atoms with Crippen LogP contribution in [0.5, 0.6) is 0 Å². The Kier molecular flexibility index (Phi) is 6.02. The number of anilines is 1. The van der Waals surface area contributed by atoms with Crippen molar-refractivity contribution < 1.29 is 27.1 Å². The van der Waals surface area contributed by atoms with E-state index in [1.807, 2.05) is 6.07 Å². The molecule has 3 atom stereocenters. The van der Waals surface area contributed by atoms with Gasteiger partial charge in [-0.1, -0.05) is 11.8 Å². The van der Waals surface area contributed by atoms with Crippen molar-refractivity contribution in [2.75, 3.05) is 17.7 Å². The van der Waals surface area contributed by atoms with E-state index in [1.54, 1.807) is 0 Å². The van der Waals surface area contributed by atoms with Gasteiger partial charge in [0.2, 0.25) is 0 Å². The monoisotopic (exact) mass is 479 g/mol. The van der Waals surface area contributed by atoms with Crippen LogP contribution in [-0.2, 0) is 10.3 Å². The molecule has 33 heavy (non-hydrogen) atoms. The molecule has 1 aromatic heterocycles. The number of halogens is 4. The van der Waals surface area contributed by atoms with Crippen LogP contribution >= 0.6 is 11.8 Å². The second-order valence-corrected chi connectivity index (χ2v) is 8.69. The molecule has 1 amide bonds. The van der Waals surface area contributed by atoms with Crippen molar-refractivity contribution in [2.24, 2.45) is 16.6 Å². The molecule has 172 valence electrons. The number of hydrogen-bond acceptors (Lipinski definition) is 7. The van der Waals surface area contributed by atoms with Crippen LogP contribution in [0.1, 0.15) is 28.0 Å². The molecule has 3 N–H and O–H groups in total. The molecule has 2 aliphatic rings. The number of rotatable bonds is 3. The average molecular weight is 479 g/mol. The molecule has 2 aromatic rings. The van der Waals surface area contributed by atoms with Gasteiger partial charge in [-0.05, 0) is 36.8 Å². The molecule has 1 aromatic carbocycles. The van der Waals surface area contributed by atoms with Gasteiger partial charge in [0, 0.05) is 29.1 Å². The van der Waals surface area contributed by atoms with Crippen molar-refractivity contribution in [1.29, 1.82) is 5.26 Å². The molecule has 0 bridgehead atoms. The van der Waals surface area contributed by atoms with Gasteiger partial charge in [-0.25, -0.2) is 14.4 Å². The molecule has 3 heterocycles. The number of amides is 1. The van der Waals surface area contributed by atoms with Crippen LogP contribution in [0.15, 0.2) is 41.5 Å². The minimum atomic E-state index is -4.55. The van der Waals surface area contributed by atoms with Gasteiger partial charge in [-0.15, -0.1) is 0 Å². The third kappa shape index (κ3) is 4.51. The van der Waals surface area contributed by atoms with E-state index in [0.29, 0.717) is 0 Å². The van der Waals surface area contributed by atoms with Crippen LogP contribution in [0.2, 0.25) is 0 Å². The zero-order valence-electron chi connectivity index (χ0n) is 16.9. The highest BCUT2D eigenvalue weighted by Crippen LogP contribution is 2.49. The Hall–Kier alpha value is -3.17. The van der Waals surface area contributed by atoms with E-state index >= 15 is 0 Å². The number of nitrogens with two attached hydrogens (primary N) is 1. The molecule has 12 heteroatoms. The first-order chi connectivity index (χ1) is 15.6. The van der Waals surface area contributed by atoms with Crippen molar-refractivity contribution in [3.8, 4) is 6.07 Å².